The lowest BCUT2D eigenvalue weighted by molar-refractivity contribution is -0.119. The molecule has 3 N–H and O–H groups in total. The molecule has 0 aliphatic heterocycles. The summed E-state index contributed by atoms with van der Waals surface area (Å²) in [4.78, 5) is 24.9. The number of amides is 3. The fourth-order valence-corrected chi connectivity index (χ4v) is 3.61. The predicted molar refractivity (Wildman–Crippen MR) is 116 cm³/mol. The fraction of sp³-hybridized carbons (Fsp3) is 0.474. The average molecular weight is 468 g/mol. The van der Waals surface area contributed by atoms with Crippen LogP contribution in [0.3, 0.4) is 0 Å². The van der Waals surface area contributed by atoms with Gasteiger partial charge in [-0.25, -0.2) is 4.79 Å². The summed E-state index contributed by atoms with van der Waals surface area (Å²) in [7, 11) is 0. The van der Waals surface area contributed by atoms with Gasteiger partial charge in [-0.3, -0.25) is 10.1 Å². The molecular weight excluding hydrogens is 442 g/mol. The topological polar surface area (TPSA) is 96.0 Å². The first-order chi connectivity index (χ1) is 13.4. The first-order valence-corrected chi connectivity index (χ1v) is 11.0. The Morgan fingerprint density at radius 3 is 2.71 bits per heavy atom. The molecule has 1 aromatic carbocycles. The van der Waals surface area contributed by atoms with Crippen LogP contribution in [0.25, 0.3) is 10.6 Å². The third-order valence-corrected chi connectivity index (χ3v) is 5.71. The van der Waals surface area contributed by atoms with Crippen molar-refractivity contribution in [3.05, 3.63) is 28.7 Å². The number of hydrogen-bond acceptors (Lipinski definition) is 5. The van der Waals surface area contributed by atoms with Crippen molar-refractivity contribution in [2.75, 3.05) is 11.9 Å². The fourth-order valence-electron chi connectivity index (χ4n) is 2.47. The van der Waals surface area contributed by atoms with Crippen molar-refractivity contribution in [3.8, 4) is 10.6 Å². The minimum absolute atomic E-state index is 0.0191. The van der Waals surface area contributed by atoms with Gasteiger partial charge in [0.1, 0.15) is 11.0 Å². The summed E-state index contributed by atoms with van der Waals surface area (Å²) in [6, 6.07) is 6.74. The van der Waals surface area contributed by atoms with Crippen molar-refractivity contribution in [1.82, 2.24) is 20.8 Å². The Morgan fingerprint density at radius 2 is 2.04 bits per heavy atom. The summed E-state index contributed by atoms with van der Waals surface area (Å²) in [6.45, 7) is 6.56. The highest BCUT2D eigenvalue weighted by atomic mass is 79.9. The standard InChI is InChI=1S/C19H26BrN5O2S/c1-4-6-10-21-18(27)22-15(12(3)5-2)16(26)23-19-25-24-17(28-19)13-8-7-9-14(20)11-13/h7-9,11-12,15H,4-6,10H2,1-3H3,(H2,21,22,27)(H,23,25,26). The van der Waals surface area contributed by atoms with Gasteiger partial charge in [-0.15, -0.1) is 10.2 Å². The van der Waals surface area contributed by atoms with Crippen molar-refractivity contribution < 1.29 is 9.59 Å². The van der Waals surface area contributed by atoms with Gasteiger partial charge in [0.05, 0.1) is 0 Å². The van der Waals surface area contributed by atoms with Crippen LogP contribution in [0.2, 0.25) is 0 Å². The normalized spacial score (nSPS) is 12.9. The number of urea groups is 1. The van der Waals surface area contributed by atoms with Crippen LogP contribution in [0.5, 0.6) is 0 Å². The zero-order chi connectivity index (χ0) is 20.5. The quantitative estimate of drug-likeness (QED) is 0.475. The lowest BCUT2D eigenvalue weighted by Gasteiger charge is -2.23. The number of halogens is 1. The molecule has 0 bridgehead atoms. The molecule has 0 aliphatic rings. The largest absolute Gasteiger partial charge is 0.338 e. The molecule has 0 radical (unpaired) electrons. The van der Waals surface area contributed by atoms with Crippen molar-refractivity contribution in [2.45, 2.75) is 46.1 Å². The van der Waals surface area contributed by atoms with E-state index >= 15 is 0 Å². The van der Waals surface area contributed by atoms with Gasteiger partial charge in [-0.1, -0.05) is 73.0 Å². The minimum atomic E-state index is -0.648. The van der Waals surface area contributed by atoms with Gasteiger partial charge in [0.15, 0.2) is 0 Å². The van der Waals surface area contributed by atoms with Crippen molar-refractivity contribution >= 4 is 44.3 Å². The van der Waals surface area contributed by atoms with Crippen LogP contribution in [-0.4, -0.2) is 34.7 Å². The van der Waals surface area contributed by atoms with Crippen molar-refractivity contribution in [2.24, 2.45) is 5.92 Å². The van der Waals surface area contributed by atoms with Crippen LogP contribution in [0.15, 0.2) is 28.7 Å². The molecule has 1 heterocycles. The van der Waals surface area contributed by atoms with Gasteiger partial charge in [0, 0.05) is 16.6 Å². The third kappa shape index (κ3) is 6.56. The summed E-state index contributed by atoms with van der Waals surface area (Å²) in [5.74, 6) is -0.314. The van der Waals surface area contributed by atoms with Gasteiger partial charge in [-0.05, 0) is 24.5 Å². The molecule has 2 aromatic rings. The van der Waals surface area contributed by atoms with Crippen LogP contribution in [0, 0.1) is 5.92 Å². The number of hydrogen-bond donors (Lipinski definition) is 3. The second-order valence-electron chi connectivity index (χ2n) is 6.53. The second kappa shape index (κ2) is 11.1. The summed E-state index contributed by atoms with van der Waals surface area (Å²) < 4.78 is 0.945. The highest BCUT2D eigenvalue weighted by Crippen LogP contribution is 2.28. The molecule has 7 nitrogen and oxygen atoms in total. The highest BCUT2D eigenvalue weighted by Gasteiger charge is 2.26. The number of anilines is 1. The van der Waals surface area contributed by atoms with E-state index in [1.165, 1.54) is 11.3 Å². The Hall–Kier alpha value is -2.00. The zero-order valence-electron chi connectivity index (χ0n) is 16.3. The number of aromatic nitrogens is 2. The first-order valence-electron chi connectivity index (χ1n) is 9.39. The molecule has 0 saturated heterocycles. The van der Waals surface area contributed by atoms with E-state index in [0.29, 0.717) is 16.7 Å². The zero-order valence-corrected chi connectivity index (χ0v) is 18.7. The molecule has 0 spiro atoms. The van der Waals surface area contributed by atoms with E-state index in [9.17, 15) is 9.59 Å². The summed E-state index contributed by atoms with van der Waals surface area (Å²) in [6.07, 6.45) is 2.65. The van der Waals surface area contributed by atoms with Gasteiger partial charge < -0.3 is 10.6 Å². The number of nitrogens with zero attached hydrogens (tertiary/aromatic N) is 2. The maximum absolute atomic E-state index is 12.8. The molecule has 2 rings (SSSR count). The van der Waals surface area contributed by atoms with E-state index in [-0.39, 0.29) is 17.9 Å². The molecule has 9 heteroatoms. The number of carbonyl (C=O) groups excluding carboxylic acids is 2. The van der Waals surface area contributed by atoms with Gasteiger partial charge in [0.25, 0.3) is 0 Å². The Morgan fingerprint density at radius 1 is 1.25 bits per heavy atom. The van der Waals surface area contributed by atoms with Crippen LogP contribution >= 0.6 is 27.3 Å². The Balaban J connectivity index is 2.03. The molecule has 28 heavy (non-hydrogen) atoms. The number of nitrogens with one attached hydrogen (secondary N) is 3. The maximum Gasteiger partial charge on any atom is 0.315 e. The van der Waals surface area contributed by atoms with Crippen LogP contribution in [-0.2, 0) is 4.79 Å². The van der Waals surface area contributed by atoms with Crippen LogP contribution in [0.4, 0.5) is 9.93 Å². The van der Waals surface area contributed by atoms with Crippen molar-refractivity contribution in [1.29, 1.82) is 0 Å². The van der Waals surface area contributed by atoms with Gasteiger partial charge >= 0.3 is 6.03 Å². The number of benzene rings is 1. The van der Waals surface area contributed by atoms with E-state index in [1.54, 1.807) is 0 Å². The summed E-state index contributed by atoms with van der Waals surface area (Å²) >= 11 is 4.73. The smallest absolute Gasteiger partial charge is 0.315 e. The number of rotatable bonds is 9. The van der Waals surface area contributed by atoms with E-state index in [1.807, 2.05) is 38.1 Å². The molecule has 152 valence electrons. The molecule has 2 atom stereocenters. The maximum atomic E-state index is 12.8. The van der Waals surface area contributed by atoms with E-state index in [2.05, 4.69) is 49.0 Å². The van der Waals surface area contributed by atoms with E-state index in [0.717, 1.165) is 29.3 Å². The third-order valence-electron chi connectivity index (χ3n) is 4.32. The molecule has 1 aromatic heterocycles. The number of carbonyl (C=O) groups is 2. The van der Waals surface area contributed by atoms with E-state index < -0.39 is 6.04 Å². The highest BCUT2D eigenvalue weighted by molar-refractivity contribution is 9.10. The molecule has 2 unspecified atom stereocenters. The van der Waals surface area contributed by atoms with E-state index in [4.69, 9.17) is 0 Å². The summed E-state index contributed by atoms with van der Waals surface area (Å²) in [5, 5.41) is 17.7. The predicted octanol–water partition coefficient (Wildman–Crippen LogP) is 4.42. The van der Waals surface area contributed by atoms with Gasteiger partial charge in [0.2, 0.25) is 11.0 Å². The van der Waals surface area contributed by atoms with Crippen LogP contribution in [0.1, 0.15) is 40.0 Å². The van der Waals surface area contributed by atoms with Crippen molar-refractivity contribution in [3.63, 3.8) is 0 Å². The lowest BCUT2D eigenvalue weighted by Crippen LogP contribution is -2.51. The van der Waals surface area contributed by atoms with Gasteiger partial charge in [-0.2, -0.15) is 0 Å². The second-order valence-corrected chi connectivity index (χ2v) is 8.42. The molecule has 0 aliphatic carbocycles. The monoisotopic (exact) mass is 467 g/mol. The molecule has 0 saturated carbocycles. The summed E-state index contributed by atoms with van der Waals surface area (Å²) in [5.41, 5.74) is 0.916. The molecule has 0 fully saturated rings. The molecular formula is C19H26BrN5O2S. The number of unbranched alkanes of at least 4 members (excludes halogenated alkanes) is 1. The Labute approximate surface area is 177 Å². The Bertz CT molecular complexity index is 798. The minimum Gasteiger partial charge on any atom is -0.338 e. The Kier molecular flexibility index (Phi) is 8.85. The molecule has 3 amide bonds. The SMILES string of the molecule is CCCCNC(=O)NC(C(=O)Nc1nnc(-c2cccc(Br)c2)s1)C(C)CC. The lowest BCUT2D eigenvalue weighted by atomic mass is 9.98. The first kappa shape index (κ1) is 22.3. The average Bonchev–Trinajstić information content (AvgIpc) is 3.14. The van der Waals surface area contributed by atoms with Crippen LogP contribution < -0.4 is 16.0 Å².